The van der Waals surface area contributed by atoms with Gasteiger partial charge in [0.05, 0.1) is 11.4 Å². The molecule has 0 saturated carbocycles. The number of hydrogen-bond acceptors (Lipinski definition) is 8. The van der Waals surface area contributed by atoms with Crippen LogP contribution in [0.1, 0.15) is 5.69 Å². The Balaban J connectivity index is 1.67. The van der Waals surface area contributed by atoms with Crippen molar-refractivity contribution in [1.29, 1.82) is 0 Å². The molecule has 114 valence electrons. The third kappa shape index (κ3) is 3.09. The number of rotatable bonds is 4. The first kappa shape index (κ1) is 14.5. The number of nitrogens with two attached hydrogens (primary N) is 1. The maximum Gasteiger partial charge on any atom is 0.278 e. The lowest BCUT2D eigenvalue weighted by molar-refractivity contribution is -0.113. The maximum atomic E-state index is 11.8. The first-order valence-electron chi connectivity index (χ1n) is 6.11. The summed E-state index contributed by atoms with van der Waals surface area (Å²) in [5, 5.41) is 5.52. The minimum absolute atomic E-state index is 0.00238. The van der Waals surface area contributed by atoms with E-state index in [1.165, 1.54) is 11.3 Å². The molecule has 0 bridgehead atoms. The van der Waals surface area contributed by atoms with E-state index in [1.807, 2.05) is 12.3 Å². The molecule has 3 aromatic heterocycles. The van der Waals surface area contributed by atoms with Gasteiger partial charge in [0.15, 0.2) is 21.5 Å². The normalized spacial score (nSPS) is 11.0. The van der Waals surface area contributed by atoms with Gasteiger partial charge in [0.1, 0.15) is 0 Å². The van der Waals surface area contributed by atoms with Crippen LogP contribution in [0.25, 0.3) is 11.2 Å². The zero-order valence-electron chi connectivity index (χ0n) is 11.3. The molecule has 9 nitrogen and oxygen atoms in total. The SMILES string of the molecule is Cc1csc(NC(=O)CSc2nc3nc(N)[nH]c(=O)c3[nH]2)n1. The van der Waals surface area contributed by atoms with Crippen LogP contribution in [0.3, 0.4) is 0 Å². The van der Waals surface area contributed by atoms with Gasteiger partial charge in [-0.3, -0.25) is 14.6 Å². The van der Waals surface area contributed by atoms with E-state index in [2.05, 4.69) is 30.2 Å². The maximum absolute atomic E-state index is 11.8. The number of carbonyl (C=O) groups is 1. The number of carbonyl (C=O) groups excluding carboxylic acids is 1. The van der Waals surface area contributed by atoms with Crippen LogP contribution in [-0.4, -0.2) is 36.6 Å². The summed E-state index contributed by atoms with van der Waals surface area (Å²) in [4.78, 5) is 40.8. The fourth-order valence-electron chi connectivity index (χ4n) is 1.67. The lowest BCUT2D eigenvalue weighted by Crippen LogP contribution is -2.13. The number of aromatic nitrogens is 5. The van der Waals surface area contributed by atoms with Crippen LogP contribution in [0, 0.1) is 6.92 Å². The highest BCUT2D eigenvalue weighted by atomic mass is 32.2. The third-order valence-electron chi connectivity index (χ3n) is 2.56. The number of amides is 1. The number of nitrogens with zero attached hydrogens (tertiary/aromatic N) is 3. The van der Waals surface area contributed by atoms with E-state index in [1.54, 1.807) is 0 Å². The number of thiazole rings is 1. The third-order valence-corrected chi connectivity index (χ3v) is 4.31. The molecule has 1 amide bonds. The van der Waals surface area contributed by atoms with Crippen molar-refractivity contribution >= 4 is 51.2 Å². The average Bonchev–Trinajstić information content (AvgIpc) is 3.03. The molecule has 0 atom stereocenters. The second-order valence-corrected chi connectivity index (χ2v) is 6.14. The molecule has 22 heavy (non-hydrogen) atoms. The van der Waals surface area contributed by atoms with Crippen LogP contribution in [0.2, 0.25) is 0 Å². The molecule has 0 fully saturated rings. The summed E-state index contributed by atoms with van der Waals surface area (Å²) >= 11 is 2.52. The molecule has 3 heterocycles. The van der Waals surface area contributed by atoms with Gasteiger partial charge >= 0.3 is 0 Å². The highest BCUT2D eigenvalue weighted by Crippen LogP contribution is 2.18. The Morgan fingerprint density at radius 3 is 2.95 bits per heavy atom. The van der Waals surface area contributed by atoms with Crippen LogP contribution < -0.4 is 16.6 Å². The van der Waals surface area contributed by atoms with E-state index in [0.717, 1.165) is 17.5 Å². The van der Waals surface area contributed by atoms with Crippen molar-refractivity contribution in [2.24, 2.45) is 0 Å². The van der Waals surface area contributed by atoms with Crippen molar-refractivity contribution in [3.8, 4) is 0 Å². The van der Waals surface area contributed by atoms with Gasteiger partial charge in [0.2, 0.25) is 11.9 Å². The summed E-state index contributed by atoms with van der Waals surface area (Å²) in [6.07, 6.45) is 0. The number of aromatic amines is 2. The van der Waals surface area contributed by atoms with Gasteiger partial charge in [-0.05, 0) is 6.92 Å². The Hall–Kier alpha value is -2.40. The first-order chi connectivity index (χ1) is 10.5. The molecular weight excluding hydrogens is 326 g/mol. The second kappa shape index (κ2) is 5.77. The number of aryl methyl sites for hydroxylation is 1. The van der Waals surface area contributed by atoms with Crippen LogP contribution in [-0.2, 0) is 4.79 Å². The van der Waals surface area contributed by atoms with E-state index in [0.29, 0.717) is 10.3 Å². The predicted octanol–water partition coefficient (Wildman–Crippen LogP) is 0.724. The highest BCUT2D eigenvalue weighted by Gasteiger charge is 2.11. The second-order valence-electron chi connectivity index (χ2n) is 4.32. The molecular formula is C11H11N7O2S2. The van der Waals surface area contributed by atoms with Gasteiger partial charge in [-0.25, -0.2) is 9.97 Å². The zero-order valence-corrected chi connectivity index (χ0v) is 13.0. The van der Waals surface area contributed by atoms with Crippen molar-refractivity contribution in [2.45, 2.75) is 12.1 Å². The van der Waals surface area contributed by atoms with Gasteiger partial charge in [0, 0.05) is 5.38 Å². The smallest absolute Gasteiger partial charge is 0.278 e. The molecule has 11 heteroatoms. The number of H-pyrrole nitrogens is 2. The molecule has 0 unspecified atom stereocenters. The molecule has 0 aliphatic rings. The van der Waals surface area contributed by atoms with E-state index in [9.17, 15) is 9.59 Å². The molecule has 3 aromatic rings. The lowest BCUT2D eigenvalue weighted by atomic mass is 10.5. The predicted molar refractivity (Wildman–Crippen MR) is 85.1 cm³/mol. The minimum atomic E-state index is -0.399. The Kier molecular flexibility index (Phi) is 3.81. The molecule has 0 radical (unpaired) electrons. The monoisotopic (exact) mass is 337 g/mol. The van der Waals surface area contributed by atoms with Crippen molar-refractivity contribution in [2.75, 3.05) is 16.8 Å². The zero-order chi connectivity index (χ0) is 15.7. The highest BCUT2D eigenvalue weighted by molar-refractivity contribution is 7.99. The molecule has 5 N–H and O–H groups in total. The van der Waals surface area contributed by atoms with Crippen molar-refractivity contribution in [3.63, 3.8) is 0 Å². The summed E-state index contributed by atoms with van der Waals surface area (Å²) in [6, 6.07) is 0. The standard InChI is InChI=1S/C11H11N7O2S2/c1-4-2-21-10(13-4)14-5(19)3-22-11-15-6-7(17-11)16-9(12)18-8(6)20/h2H,3H2,1H3,(H,13,14,19)(H4,12,15,16,17,18,20). The van der Waals surface area contributed by atoms with Crippen LogP contribution >= 0.6 is 23.1 Å². The quantitative estimate of drug-likeness (QED) is 0.514. The van der Waals surface area contributed by atoms with Crippen LogP contribution in [0.15, 0.2) is 15.3 Å². The summed E-state index contributed by atoms with van der Waals surface area (Å²) in [7, 11) is 0. The summed E-state index contributed by atoms with van der Waals surface area (Å²) < 4.78 is 0. The van der Waals surface area contributed by atoms with E-state index >= 15 is 0 Å². The first-order valence-corrected chi connectivity index (χ1v) is 7.98. The summed E-state index contributed by atoms with van der Waals surface area (Å²) in [5.74, 6) is -0.0788. The lowest BCUT2D eigenvalue weighted by Gasteiger charge is -1.99. The molecule has 0 aliphatic heterocycles. The largest absolute Gasteiger partial charge is 0.369 e. The Morgan fingerprint density at radius 2 is 2.23 bits per heavy atom. The number of anilines is 2. The van der Waals surface area contributed by atoms with E-state index in [4.69, 9.17) is 5.73 Å². The molecule has 0 aliphatic carbocycles. The van der Waals surface area contributed by atoms with Crippen molar-refractivity contribution < 1.29 is 4.79 Å². The number of thioether (sulfide) groups is 1. The fourth-order valence-corrected chi connectivity index (χ4v) is 3.04. The number of nitrogens with one attached hydrogen (secondary N) is 3. The average molecular weight is 337 g/mol. The number of imidazole rings is 1. The Labute approximate surface area is 131 Å². The van der Waals surface area contributed by atoms with Gasteiger partial charge in [-0.2, -0.15) is 4.98 Å². The molecule has 0 spiro atoms. The number of nitrogen functional groups attached to an aromatic ring is 1. The molecule has 3 rings (SSSR count). The van der Waals surface area contributed by atoms with E-state index in [-0.39, 0.29) is 28.8 Å². The molecule has 0 saturated heterocycles. The van der Waals surface area contributed by atoms with Crippen molar-refractivity contribution in [3.05, 3.63) is 21.4 Å². The number of fused-ring (bicyclic) bond motifs is 1. The van der Waals surface area contributed by atoms with Crippen LogP contribution in [0.4, 0.5) is 11.1 Å². The topological polar surface area (TPSA) is 142 Å². The summed E-state index contributed by atoms with van der Waals surface area (Å²) in [6.45, 7) is 1.85. The van der Waals surface area contributed by atoms with Crippen LogP contribution in [0.5, 0.6) is 0 Å². The molecule has 0 aromatic carbocycles. The Bertz CT molecular complexity index is 897. The summed E-state index contributed by atoms with van der Waals surface area (Å²) in [5.41, 5.74) is 6.35. The van der Waals surface area contributed by atoms with Gasteiger partial charge in [-0.1, -0.05) is 11.8 Å². The minimum Gasteiger partial charge on any atom is -0.369 e. The number of hydrogen-bond donors (Lipinski definition) is 4. The van der Waals surface area contributed by atoms with Gasteiger partial charge < -0.3 is 16.0 Å². The van der Waals surface area contributed by atoms with Gasteiger partial charge in [-0.15, -0.1) is 11.3 Å². The van der Waals surface area contributed by atoms with Crippen molar-refractivity contribution in [1.82, 2.24) is 24.9 Å². The van der Waals surface area contributed by atoms with E-state index < -0.39 is 5.56 Å². The van der Waals surface area contributed by atoms with Gasteiger partial charge in [0.25, 0.3) is 5.56 Å². The Morgan fingerprint density at radius 1 is 1.41 bits per heavy atom. The fraction of sp³-hybridized carbons (Fsp3) is 0.182.